The lowest BCUT2D eigenvalue weighted by molar-refractivity contribution is -0.111. The van der Waals surface area contributed by atoms with Gasteiger partial charge in [0.05, 0.1) is 11.4 Å². The van der Waals surface area contributed by atoms with Gasteiger partial charge in [0.1, 0.15) is 18.9 Å². The van der Waals surface area contributed by atoms with Crippen molar-refractivity contribution in [3.05, 3.63) is 57.9 Å². The molecule has 1 aliphatic rings. The van der Waals surface area contributed by atoms with Crippen molar-refractivity contribution in [2.45, 2.75) is 0 Å². The van der Waals surface area contributed by atoms with E-state index in [1.54, 1.807) is 18.2 Å². The summed E-state index contributed by atoms with van der Waals surface area (Å²) in [7, 11) is 0. The Morgan fingerprint density at radius 3 is 2.85 bits per heavy atom. The molecule has 0 spiro atoms. The minimum absolute atomic E-state index is 0.302. The van der Waals surface area contributed by atoms with E-state index in [4.69, 9.17) is 21.1 Å². The molecule has 0 saturated carbocycles. The number of imidazole rings is 1. The van der Waals surface area contributed by atoms with Crippen LogP contribution in [-0.4, -0.2) is 28.5 Å². The molecule has 3 aromatic rings. The zero-order valence-corrected chi connectivity index (χ0v) is 15.8. The lowest BCUT2D eigenvalue weighted by Gasteiger charge is -2.19. The van der Waals surface area contributed by atoms with Gasteiger partial charge in [-0.2, -0.15) is 0 Å². The smallest absolute Gasteiger partial charge is 0.248 e. The Morgan fingerprint density at radius 1 is 1.27 bits per heavy atom. The van der Waals surface area contributed by atoms with Gasteiger partial charge in [-0.1, -0.05) is 17.7 Å². The molecule has 4 rings (SSSR count). The first-order chi connectivity index (χ1) is 12.6. The fourth-order valence-corrected chi connectivity index (χ4v) is 3.29. The van der Waals surface area contributed by atoms with Gasteiger partial charge < -0.3 is 14.8 Å². The Hall–Kier alpha value is -2.51. The van der Waals surface area contributed by atoms with Crippen LogP contribution in [0.5, 0.6) is 11.5 Å². The Kier molecular flexibility index (Phi) is 4.57. The average Bonchev–Trinajstić information content (AvgIpc) is 2.95. The quantitative estimate of drug-likeness (QED) is 0.628. The molecule has 3 heterocycles. The second-order valence-corrected chi connectivity index (χ2v) is 6.73. The molecule has 1 aliphatic heterocycles. The summed E-state index contributed by atoms with van der Waals surface area (Å²) in [6.45, 7) is 0.989. The van der Waals surface area contributed by atoms with Crippen molar-refractivity contribution < 1.29 is 14.3 Å². The predicted octanol–water partition coefficient (Wildman–Crippen LogP) is 4.17. The highest BCUT2D eigenvalue weighted by molar-refractivity contribution is 9.10. The maximum absolute atomic E-state index is 12.3. The van der Waals surface area contributed by atoms with Crippen LogP contribution in [0.4, 0.5) is 5.69 Å². The topological polar surface area (TPSA) is 64.9 Å². The fourth-order valence-electron chi connectivity index (χ4n) is 2.62. The standard InChI is InChI=1S/C18H13BrClN3O3/c19-11-9-14-15(26-8-7-25-14)10-12(11)21-17(24)5-4-13-18(20)22-16-3-1-2-6-23(13)16/h1-6,9-10H,7-8H2,(H,21,24)/b5-4+. The highest BCUT2D eigenvalue weighted by Gasteiger charge is 2.16. The van der Waals surface area contributed by atoms with Crippen LogP contribution in [0.2, 0.25) is 5.15 Å². The fraction of sp³-hybridized carbons (Fsp3) is 0.111. The largest absolute Gasteiger partial charge is 0.486 e. The molecule has 0 fully saturated rings. The number of halogens is 2. The van der Waals surface area contributed by atoms with Gasteiger partial charge in [0.15, 0.2) is 16.7 Å². The van der Waals surface area contributed by atoms with Crippen LogP contribution < -0.4 is 14.8 Å². The maximum atomic E-state index is 12.3. The van der Waals surface area contributed by atoms with Crippen LogP contribution >= 0.6 is 27.5 Å². The molecule has 0 atom stereocenters. The van der Waals surface area contributed by atoms with Crippen molar-refractivity contribution in [3.8, 4) is 11.5 Å². The number of hydrogen-bond donors (Lipinski definition) is 1. The number of nitrogens with zero attached hydrogens (tertiary/aromatic N) is 2. The Bertz CT molecular complexity index is 1030. The molecule has 1 aromatic carbocycles. The summed E-state index contributed by atoms with van der Waals surface area (Å²) in [6, 6.07) is 9.09. The summed E-state index contributed by atoms with van der Waals surface area (Å²) in [5, 5.41) is 3.14. The molecule has 1 amide bonds. The normalized spacial score (nSPS) is 13.3. The average molecular weight is 435 g/mol. The number of rotatable bonds is 3. The number of amides is 1. The van der Waals surface area contributed by atoms with E-state index in [1.807, 2.05) is 28.8 Å². The monoisotopic (exact) mass is 433 g/mol. The van der Waals surface area contributed by atoms with Gasteiger partial charge in [-0.25, -0.2) is 4.98 Å². The minimum Gasteiger partial charge on any atom is -0.486 e. The summed E-state index contributed by atoms with van der Waals surface area (Å²) in [6.07, 6.45) is 4.87. The first kappa shape index (κ1) is 16.9. The van der Waals surface area contributed by atoms with Crippen LogP contribution in [0.1, 0.15) is 5.69 Å². The molecule has 6 nitrogen and oxygen atoms in total. The second kappa shape index (κ2) is 7.01. The molecule has 132 valence electrons. The molecule has 0 bridgehead atoms. The highest BCUT2D eigenvalue weighted by atomic mass is 79.9. The van der Waals surface area contributed by atoms with Crippen molar-refractivity contribution in [2.24, 2.45) is 0 Å². The number of carbonyl (C=O) groups excluding carboxylic acids is 1. The number of aromatic nitrogens is 2. The van der Waals surface area contributed by atoms with Gasteiger partial charge in [0.2, 0.25) is 5.91 Å². The molecule has 26 heavy (non-hydrogen) atoms. The summed E-state index contributed by atoms with van der Waals surface area (Å²) >= 11 is 9.59. The molecule has 0 saturated heterocycles. The molecule has 2 aromatic heterocycles. The summed E-state index contributed by atoms with van der Waals surface area (Å²) in [5.41, 5.74) is 1.94. The zero-order valence-electron chi connectivity index (χ0n) is 13.4. The predicted molar refractivity (Wildman–Crippen MR) is 103 cm³/mol. The zero-order chi connectivity index (χ0) is 18.1. The maximum Gasteiger partial charge on any atom is 0.248 e. The summed E-state index contributed by atoms with van der Waals surface area (Å²) in [5.74, 6) is 0.946. The van der Waals surface area contributed by atoms with E-state index in [-0.39, 0.29) is 5.91 Å². The van der Waals surface area contributed by atoms with Crippen LogP contribution in [0.25, 0.3) is 11.7 Å². The van der Waals surface area contributed by atoms with Crippen LogP contribution in [0, 0.1) is 0 Å². The Morgan fingerprint density at radius 2 is 2.04 bits per heavy atom. The number of pyridine rings is 1. The van der Waals surface area contributed by atoms with Crippen molar-refractivity contribution in [2.75, 3.05) is 18.5 Å². The third-order valence-corrected chi connectivity index (χ3v) is 4.74. The van der Waals surface area contributed by atoms with Gasteiger partial charge in [-0.05, 0) is 34.1 Å². The number of benzene rings is 1. The number of nitrogens with one attached hydrogen (secondary N) is 1. The third kappa shape index (κ3) is 3.27. The molecule has 8 heteroatoms. The third-order valence-electron chi connectivity index (χ3n) is 3.80. The highest BCUT2D eigenvalue weighted by Crippen LogP contribution is 2.38. The minimum atomic E-state index is -0.302. The van der Waals surface area contributed by atoms with Gasteiger partial charge in [0.25, 0.3) is 0 Å². The molecular formula is C18H13BrClN3O3. The van der Waals surface area contributed by atoms with E-state index < -0.39 is 0 Å². The van der Waals surface area contributed by atoms with E-state index in [2.05, 4.69) is 26.2 Å². The van der Waals surface area contributed by atoms with E-state index in [0.29, 0.717) is 51.4 Å². The molecule has 1 N–H and O–H groups in total. The Labute approximate surface area is 162 Å². The van der Waals surface area contributed by atoms with Crippen molar-refractivity contribution in [1.82, 2.24) is 9.38 Å². The van der Waals surface area contributed by atoms with E-state index >= 15 is 0 Å². The van der Waals surface area contributed by atoms with Crippen molar-refractivity contribution in [3.63, 3.8) is 0 Å². The number of hydrogen-bond acceptors (Lipinski definition) is 4. The molecule has 0 aliphatic carbocycles. The van der Waals surface area contributed by atoms with Crippen LogP contribution in [0.3, 0.4) is 0 Å². The van der Waals surface area contributed by atoms with E-state index in [9.17, 15) is 4.79 Å². The lowest BCUT2D eigenvalue weighted by atomic mass is 10.2. The summed E-state index contributed by atoms with van der Waals surface area (Å²) < 4.78 is 13.6. The van der Waals surface area contributed by atoms with Gasteiger partial charge in [-0.3, -0.25) is 9.20 Å². The first-order valence-corrected chi connectivity index (χ1v) is 9.00. The lowest BCUT2D eigenvalue weighted by Crippen LogP contribution is -2.16. The molecule has 0 radical (unpaired) electrons. The van der Waals surface area contributed by atoms with Crippen molar-refractivity contribution >= 4 is 50.8 Å². The van der Waals surface area contributed by atoms with Gasteiger partial charge in [0, 0.05) is 28.9 Å². The van der Waals surface area contributed by atoms with Crippen molar-refractivity contribution in [1.29, 1.82) is 0 Å². The van der Waals surface area contributed by atoms with Crippen LogP contribution in [0.15, 0.2) is 47.1 Å². The van der Waals surface area contributed by atoms with E-state index in [1.165, 1.54) is 6.08 Å². The van der Waals surface area contributed by atoms with Crippen LogP contribution in [-0.2, 0) is 4.79 Å². The summed E-state index contributed by atoms with van der Waals surface area (Å²) in [4.78, 5) is 16.6. The second-order valence-electron chi connectivity index (χ2n) is 5.51. The molecule has 0 unspecified atom stereocenters. The number of anilines is 1. The Balaban J connectivity index is 1.55. The number of ether oxygens (including phenoxy) is 2. The first-order valence-electron chi connectivity index (χ1n) is 7.82. The molecular weight excluding hydrogens is 422 g/mol. The number of fused-ring (bicyclic) bond motifs is 2. The number of carbonyl (C=O) groups is 1. The SMILES string of the molecule is O=C(/C=C/c1c(Cl)nc2ccccn12)Nc1cc2c(cc1Br)OCCO2. The van der Waals surface area contributed by atoms with Gasteiger partial charge >= 0.3 is 0 Å². The van der Waals surface area contributed by atoms with E-state index in [0.717, 1.165) is 0 Å². The van der Waals surface area contributed by atoms with Gasteiger partial charge in [-0.15, -0.1) is 0 Å².